The van der Waals surface area contributed by atoms with Crippen LogP contribution in [-0.2, 0) is 19.6 Å². The maximum Gasteiger partial charge on any atom is 0.338 e. The van der Waals surface area contributed by atoms with Crippen molar-refractivity contribution in [1.82, 2.24) is 20.2 Å². The second-order valence-corrected chi connectivity index (χ2v) is 9.76. The van der Waals surface area contributed by atoms with Crippen molar-refractivity contribution in [2.75, 3.05) is 16.6 Å². The molecular formula is C21H18N6O5S2. The minimum absolute atomic E-state index is 0.0113. The molecule has 0 fully saturated rings. The van der Waals surface area contributed by atoms with Crippen LogP contribution in [0.3, 0.4) is 0 Å². The van der Waals surface area contributed by atoms with Crippen LogP contribution in [-0.4, -0.2) is 47.1 Å². The molecule has 0 saturated heterocycles. The lowest BCUT2D eigenvalue weighted by Gasteiger charge is -2.08. The number of esters is 1. The zero-order valence-electron chi connectivity index (χ0n) is 17.7. The number of aromatic nitrogens is 4. The first kappa shape index (κ1) is 23.1. The molecule has 4 aromatic rings. The zero-order chi connectivity index (χ0) is 24.1. The normalized spacial score (nSPS) is 11.1. The number of benzene rings is 2. The fourth-order valence-corrected chi connectivity index (χ4v) is 4.65. The molecule has 3 N–H and O–H groups in total. The summed E-state index contributed by atoms with van der Waals surface area (Å²) < 4.78 is 32.2. The molecule has 0 aliphatic heterocycles. The molecule has 2 aromatic carbocycles. The molecule has 0 saturated carbocycles. The van der Waals surface area contributed by atoms with Crippen molar-refractivity contribution in [3.8, 4) is 11.4 Å². The lowest BCUT2D eigenvalue weighted by atomic mass is 10.1. The maximum absolute atomic E-state index is 12.4. The molecule has 1 amide bonds. The second kappa shape index (κ2) is 9.80. The lowest BCUT2D eigenvalue weighted by molar-refractivity contribution is -0.119. The van der Waals surface area contributed by atoms with E-state index >= 15 is 0 Å². The van der Waals surface area contributed by atoms with Gasteiger partial charge in [0.1, 0.15) is 10.8 Å². The summed E-state index contributed by atoms with van der Waals surface area (Å²) in [5.74, 6) is -0.552. The van der Waals surface area contributed by atoms with Gasteiger partial charge >= 0.3 is 5.97 Å². The number of carbonyl (C=O) groups is 2. The van der Waals surface area contributed by atoms with E-state index in [1.807, 2.05) is 0 Å². The summed E-state index contributed by atoms with van der Waals surface area (Å²) in [5.41, 5.74) is 1.43. The number of sulfonamides is 1. The summed E-state index contributed by atoms with van der Waals surface area (Å²) in [6.45, 7) is 1.21. The summed E-state index contributed by atoms with van der Waals surface area (Å²) in [4.78, 5) is 31.4. The summed E-state index contributed by atoms with van der Waals surface area (Å²) in [7, 11) is -3.84. The smallest absolute Gasteiger partial charge is 0.338 e. The first-order valence-corrected chi connectivity index (χ1v) is 12.1. The Morgan fingerprint density at radius 3 is 2.41 bits per heavy atom. The zero-order valence-corrected chi connectivity index (χ0v) is 19.3. The van der Waals surface area contributed by atoms with Crippen LogP contribution in [0.25, 0.3) is 11.4 Å². The van der Waals surface area contributed by atoms with Crippen LogP contribution in [0.15, 0.2) is 65.8 Å². The van der Waals surface area contributed by atoms with Crippen molar-refractivity contribution in [2.24, 2.45) is 0 Å². The highest BCUT2D eigenvalue weighted by Crippen LogP contribution is 2.21. The van der Waals surface area contributed by atoms with E-state index in [2.05, 4.69) is 30.2 Å². The van der Waals surface area contributed by atoms with Gasteiger partial charge in [-0.15, -0.1) is 10.2 Å². The van der Waals surface area contributed by atoms with Crippen molar-refractivity contribution in [2.45, 2.75) is 11.8 Å². The average Bonchev–Trinajstić information content (AvgIpc) is 3.50. The van der Waals surface area contributed by atoms with Crippen LogP contribution < -0.4 is 10.0 Å². The van der Waals surface area contributed by atoms with Crippen molar-refractivity contribution < 1.29 is 22.7 Å². The lowest BCUT2D eigenvalue weighted by Crippen LogP contribution is -2.21. The van der Waals surface area contributed by atoms with Crippen LogP contribution in [0.4, 0.5) is 10.8 Å². The van der Waals surface area contributed by atoms with Gasteiger partial charge in [0.25, 0.3) is 15.9 Å². The number of imidazole rings is 1. The Labute approximate surface area is 198 Å². The fraction of sp³-hybridized carbons (Fsp3) is 0.0952. The van der Waals surface area contributed by atoms with E-state index in [-0.39, 0.29) is 15.6 Å². The molecule has 11 nitrogen and oxygen atoms in total. The Bertz CT molecular complexity index is 1400. The van der Waals surface area contributed by atoms with E-state index in [4.69, 9.17) is 4.74 Å². The molecule has 13 heteroatoms. The standard InChI is InChI=1S/C21H18N6O5S2/c1-13-25-26-21(33-13)27-34(30,31)17-8-6-16(7-9-17)24-18(28)12-32-20(29)15-4-2-14(3-5-15)19-22-10-11-23-19/h2-11H,12H2,1H3,(H,22,23)(H,24,28)(H,26,27). The van der Waals surface area contributed by atoms with Crippen LogP contribution >= 0.6 is 11.3 Å². The highest BCUT2D eigenvalue weighted by Gasteiger charge is 2.17. The summed E-state index contributed by atoms with van der Waals surface area (Å²) in [6, 6.07) is 12.1. The predicted octanol–water partition coefficient (Wildman–Crippen LogP) is 2.83. The van der Waals surface area contributed by atoms with E-state index in [0.717, 1.165) is 16.9 Å². The molecule has 4 rings (SSSR count). The molecular weight excluding hydrogens is 480 g/mol. The third-order valence-corrected chi connectivity index (χ3v) is 6.66. The van der Waals surface area contributed by atoms with Crippen molar-refractivity contribution in [3.63, 3.8) is 0 Å². The number of ether oxygens (including phenoxy) is 1. The predicted molar refractivity (Wildman–Crippen MR) is 125 cm³/mol. The van der Waals surface area contributed by atoms with Crippen LogP contribution in [0, 0.1) is 6.92 Å². The monoisotopic (exact) mass is 498 g/mol. The number of hydrogen-bond donors (Lipinski definition) is 3. The highest BCUT2D eigenvalue weighted by molar-refractivity contribution is 7.93. The number of hydrogen-bond acceptors (Lipinski definition) is 9. The third kappa shape index (κ3) is 5.63. The summed E-state index contributed by atoms with van der Waals surface area (Å²) in [6.07, 6.45) is 3.32. The van der Waals surface area contributed by atoms with Gasteiger partial charge in [0.15, 0.2) is 6.61 Å². The number of H-pyrrole nitrogens is 1. The van der Waals surface area contributed by atoms with E-state index in [9.17, 15) is 18.0 Å². The molecule has 34 heavy (non-hydrogen) atoms. The second-order valence-electron chi connectivity index (χ2n) is 6.90. The molecule has 0 unspecified atom stereocenters. The SMILES string of the molecule is Cc1nnc(NS(=O)(=O)c2ccc(NC(=O)COC(=O)c3ccc(-c4ncc[nH]4)cc3)cc2)s1. The third-order valence-electron chi connectivity index (χ3n) is 4.42. The number of nitrogens with zero attached hydrogens (tertiary/aromatic N) is 3. The van der Waals surface area contributed by atoms with Crippen molar-refractivity contribution >= 4 is 44.1 Å². The van der Waals surface area contributed by atoms with Crippen molar-refractivity contribution in [3.05, 3.63) is 71.5 Å². The van der Waals surface area contributed by atoms with E-state index in [1.54, 1.807) is 43.6 Å². The van der Waals surface area contributed by atoms with Gasteiger partial charge in [-0.05, 0) is 43.3 Å². The van der Waals surface area contributed by atoms with Crippen LogP contribution in [0.1, 0.15) is 15.4 Å². The Morgan fingerprint density at radius 1 is 1.06 bits per heavy atom. The molecule has 0 aliphatic carbocycles. The molecule has 2 aromatic heterocycles. The van der Waals surface area contributed by atoms with E-state index in [1.165, 1.54) is 24.3 Å². The highest BCUT2D eigenvalue weighted by atomic mass is 32.2. The molecule has 0 radical (unpaired) electrons. The van der Waals surface area contributed by atoms with Crippen LogP contribution in [0.2, 0.25) is 0 Å². The van der Waals surface area contributed by atoms with E-state index < -0.39 is 28.5 Å². The molecule has 0 spiro atoms. The molecule has 174 valence electrons. The molecule has 0 bridgehead atoms. The number of aryl methyl sites for hydroxylation is 1. The summed E-state index contributed by atoms with van der Waals surface area (Å²) in [5, 5.41) is 10.8. The first-order valence-electron chi connectivity index (χ1n) is 9.80. The number of rotatable bonds is 8. The van der Waals surface area contributed by atoms with Gasteiger partial charge in [-0.3, -0.25) is 9.52 Å². The number of anilines is 2. The number of aromatic amines is 1. The van der Waals surface area contributed by atoms with Gasteiger partial charge in [0.05, 0.1) is 10.5 Å². The van der Waals surface area contributed by atoms with Gasteiger partial charge in [0.2, 0.25) is 5.13 Å². The van der Waals surface area contributed by atoms with Crippen molar-refractivity contribution in [1.29, 1.82) is 0 Å². The molecule has 0 aliphatic rings. The minimum atomic E-state index is -3.84. The average molecular weight is 499 g/mol. The number of nitrogens with one attached hydrogen (secondary N) is 3. The Morgan fingerprint density at radius 2 is 1.79 bits per heavy atom. The van der Waals surface area contributed by atoms with Crippen LogP contribution in [0.5, 0.6) is 0 Å². The van der Waals surface area contributed by atoms with Gasteiger partial charge in [-0.25, -0.2) is 18.2 Å². The fourth-order valence-electron chi connectivity index (χ4n) is 2.83. The first-order chi connectivity index (χ1) is 16.3. The largest absolute Gasteiger partial charge is 0.452 e. The number of amides is 1. The quantitative estimate of drug-likeness (QED) is 0.313. The van der Waals surface area contributed by atoms with E-state index in [0.29, 0.717) is 16.5 Å². The number of carbonyl (C=O) groups excluding carboxylic acids is 2. The topological polar surface area (TPSA) is 156 Å². The van der Waals surface area contributed by atoms with Gasteiger partial charge in [-0.2, -0.15) is 0 Å². The van der Waals surface area contributed by atoms with Gasteiger partial charge < -0.3 is 15.0 Å². The minimum Gasteiger partial charge on any atom is -0.452 e. The Kier molecular flexibility index (Phi) is 6.65. The Hall–Kier alpha value is -4.10. The maximum atomic E-state index is 12.4. The Balaban J connectivity index is 1.29. The molecule has 2 heterocycles. The van der Waals surface area contributed by atoms with Gasteiger partial charge in [-0.1, -0.05) is 23.5 Å². The molecule has 0 atom stereocenters. The van der Waals surface area contributed by atoms with Gasteiger partial charge in [0, 0.05) is 23.6 Å². The summed E-state index contributed by atoms with van der Waals surface area (Å²) >= 11 is 1.11.